The molecule has 0 aliphatic heterocycles. The van der Waals surface area contributed by atoms with Crippen LogP contribution in [0, 0.1) is 0 Å². The van der Waals surface area contributed by atoms with Gasteiger partial charge in [0, 0.05) is 0 Å². The third-order valence-corrected chi connectivity index (χ3v) is 2.17. The lowest BCUT2D eigenvalue weighted by Gasteiger charge is -2.24. The second kappa shape index (κ2) is 6.70. The number of carbonyl (C=O) groups is 2. The number of quaternary nitrogens is 2. The van der Waals surface area contributed by atoms with Crippen molar-refractivity contribution in [2.45, 2.75) is 0 Å². The quantitative estimate of drug-likeness (QED) is 0.555. The van der Waals surface area contributed by atoms with E-state index in [1.165, 1.54) is 0 Å². The largest absolute Gasteiger partial charge is 0.349 e. The molecule has 0 saturated carbocycles. The molecule has 0 aromatic carbocycles. The molecule has 6 heteroatoms. The molecule has 106 valence electrons. The Morgan fingerprint density at radius 1 is 0.833 bits per heavy atom. The number of carbonyl (C=O) groups excluding carboxylic acids is 2. The molecular weight excluding hydrogens is 232 g/mol. The predicted molar refractivity (Wildman–Crippen MR) is 71.8 cm³/mol. The third-order valence-electron chi connectivity index (χ3n) is 2.17. The summed E-state index contributed by atoms with van der Waals surface area (Å²) in [4.78, 5) is 22.9. The second-order valence-electron chi connectivity index (χ2n) is 6.59. The zero-order chi connectivity index (χ0) is 14.4. The van der Waals surface area contributed by atoms with E-state index in [4.69, 9.17) is 0 Å². The minimum atomic E-state index is -0.141. The van der Waals surface area contributed by atoms with Crippen LogP contribution in [-0.4, -0.2) is 89.2 Å². The highest BCUT2D eigenvalue weighted by Crippen LogP contribution is 1.88. The first kappa shape index (κ1) is 16.9. The highest BCUT2D eigenvalue weighted by molar-refractivity contribution is 5.85. The van der Waals surface area contributed by atoms with E-state index < -0.39 is 0 Å². The summed E-state index contributed by atoms with van der Waals surface area (Å²) in [6.07, 6.45) is 0. The highest BCUT2D eigenvalue weighted by atomic mass is 16.2. The van der Waals surface area contributed by atoms with Gasteiger partial charge in [0.1, 0.15) is 0 Å². The van der Waals surface area contributed by atoms with Gasteiger partial charge in [-0.2, -0.15) is 0 Å². The Bertz CT molecular complexity index is 289. The molecule has 0 radical (unpaired) electrons. The van der Waals surface area contributed by atoms with E-state index in [9.17, 15) is 9.59 Å². The van der Waals surface area contributed by atoms with Gasteiger partial charge in [-0.3, -0.25) is 9.59 Å². The molecule has 18 heavy (non-hydrogen) atoms. The Morgan fingerprint density at radius 3 is 1.83 bits per heavy atom. The fourth-order valence-corrected chi connectivity index (χ4v) is 1.26. The summed E-state index contributed by atoms with van der Waals surface area (Å²) in [7, 11) is 12.0. The fourth-order valence-electron chi connectivity index (χ4n) is 1.26. The summed E-state index contributed by atoms with van der Waals surface area (Å²) in [5, 5.41) is 5.40. The highest BCUT2D eigenvalue weighted by Gasteiger charge is 2.15. The topological polar surface area (TPSA) is 58.2 Å². The van der Waals surface area contributed by atoms with Crippen molar-refractivity contribution in [2.75, 3.05) is 68.5 Å². The molecule has 0 heterocycles. The number of amides is 2. The summed E-state index contributed by atoms with van der Waals surface area (Å²) >= 11 is 0. The molecule has 0 rings (SSSR count). The standard InChI is InChI=1S/C12H26N4O2/c1-15(2,3)8-7-13-11(17)9-14-12(18)10-16(4,5)6/h7-10H2,1-6H3/p+2. The van der Waals surface area contributed by atoms with Crippen molar-refractivity contribution in [1.82, 2.24) is 10.6 Å². The zero-order valence-corrected chi connectivity index (χ0v) is 12.5. The molecule has 2 N–H and O–H groups in total. The van der Waals surface area contributed by atoms with Gasteiger partial charge >= 0.3 is 0 Å². The van der Waals surface area contributed by atoms with Crippen LogP contribution in [0.3, 0.4) is 0 Å². The molecule has 0 aromatic rings. The van der Waals surface area contributed by atoms with Crippen LogP contribution < -0.4 is 10.6 Å². The average Bonchev–Trinajstić information content (AvgIpc) is 2.09. The monoisotopic (exact) mass is 260 g/mol. The number of likely N-dealkylation sites (N-methyl/N-ethyl adjacent to an activating group) is 2. The van der Waals surface area contributed by atoms with E-state index >= 15 is 0 Å². The number of nitrogens with zero attached hydrogens (tertiary/aromatic N) is 2. The van der Waals surface area contributed by atoms with Gasteiger partial charge in [-0.05, 0) is 0 Å². The van der Waals surface area contributed by atoms with Gasteiger partial charge in [0.25, 0.3) is 5.91 Å². The van der Waals surface area contributed by atoms with Crippen LogP contribution >= 0.6 is 0 Å². The normalized spacial score (nSPS) is 12.1. The molecule has 0 atom stereocenters. The van der Waals surface area contributed by atoms with Crippen LogP contribution in [0.25, 0.3) is 0 Å². The molecule has 0 bridgehead atoms. The minimum Gasteiger partial charge on any atom is -0.349 e. The van der Waals surface area contributed by atoms with E-state index in [0.717, 1.165) is 11.0 Å². The van der Waals surface area contributed by atoms with Gasteiger partial charge in [-0.1, -0.05) is 0 Å². The van der Waals surface area contributed by atoms with Crippen LogP contribution in [-0.2, 0) is 9.59 Å². The smallest absolute Gasteiger partial charge is 0.275 e. The van der Waals surface area contributed by atoms with E-state index in [1.807, 2.05) is 21.1 Å². The molecule has 0 aromatic heterocycles. The van der Waals surface area contributed by atoms with Gasteiger partial charge < -0.3 is 19.6 Å². The SMILES string of the molecule is C[N+](C)(C)CCNC(=O)CNC(=O)C[N+](C)(C)C. The Hall–Kier alpha value is -1.14. The third kappa shape index (κ3) is 11.3. The lowest BCUT2D eigenvalue weighted by molar-refractivity contribution is -0.869. The number of nitrogens with one attached hydrogen (secondary N) is 2. The van der Waals surface area contributed by atoms with Crippen molar-refractivity contribution in [3.63, 3.8) is 0 Å². The van der Waals surface area contributed by atoms with Crippen LogP contribution in [0.2, 0.25) is 0 Å². The van der Waals surface area contributed by atoms with E-state index in [-0.39, 0.29) is 18.4 Å². The van der Waals surface area contributed by atoms with Gasteiger partial charge in [-0.25, -0.2) is 0 Å². The average molecular weight is 260 g/mol. The Balaban J connectivity index is 3.75. The van der Waals surface area contributed by atoms with Gasteiger partial charge in [0.05, 0.1) is 61.9 Å². The van der Waals surface area contributed by atoms with Crippen molar-refractivity contribution >= 4 is 11.8 Å². The van der Waals surface area contributed by atoms with Crippen LogP contribution in [0.15, 0.2) is 0 Å². The van der Waals surface area contributed by atoms with Crippen molar-refractivity contribution in [2.24, 2.45) is 0 Å². The Labute approximate surface area is 110 Å². The van der Waals surface area contributed by atoms with Crippen LogP contribution in [0.1, 0.15) is 0 Å². The molecule has 0 unspecified atom stereocenters. The van der Waals surface area contributed by atoms with Crippen molar-refractivity contribution in [3.8, 4) is 0 Å². The summed E-state index contributed by atoms with van der Waals surface area (Å²) < 4.78 is 1.35. The van der Waals surface area contributed by atoms with E-state index in [2.05, 4.69) is 31.8 Å². The molecule has 2 amide bonds. The van der Waals surface area contributed by atoms with Crippen molar-refractivity contribution in [3.05, 3.63) is 0 Å². The number of hydrogen-bond donors (Lipinski definition) is 2. The van der Waals surface area contributed by atoms with E-state index in [0.29, 0.717) is 17.6 Å². The maximum absolute atomic E-state index is 11.5. The lowest BCUT2D eigenvalue weighted by Crippen LogP contribution is -2.47. The predicted octanol–water partition coefficient (Wildman–Crippen LogP) is -1.37. The molecule has 0 spiro atoms. The Kier molecular flexibility index (Phi) is 6.28. The maximum atomic E-state index is 11.5. The molecular formula is C12H28N4O2+2. The molecule has 0 saturated heterocycles. The summed E-state index contributed by atoms with van der Waals surface area (Å²) in [6.45, 7) is 1.90. The summed E-state index contributed by atoms with van der Waals surface area (Å²) in [5.74, 6) is -0.248. The zero-order valence-electron chi connectivity index (χ0n) is 12.5. The van der Waals surface area contributed by atoms with Gasteiger partial charge in [-0.15, -0.1) is 0 Å². The molecule has 0 fully saturated rings. The Morgan fingerprint density at radius 2 is 1.39 bits per heavy atom. The first-order chi connectivity index (χ1) is 7.99. The number of hydrogen-bond acceptors (Lipinski definition) is 2. The molecule has 0 aliphatic carbocycles. The number of rotatable bonds is 7. The maximum Gasteiger partial charge on any atom is 0.275 e. The van der Waals surface area contributed by atoms with Gasteiger partial charge in [0.2, 0.25) is 5.91 Å². The van der Waals surface area contributed by atoms with Crippen LogP contribution in [0.4, 0.5) is 0 Å². The van der Waals surface area contributed by atoms with Gasteiger partial charge in [0.15, 0.2) is 6.54 Å². The minimum absolute atomic E-state index is 0.0516. The summed E-state index contributed by atoms with van der Waals surface area (Å²) in [6, 6.07) is 0. The molecule has 6 nitrogen and oxygen atoms in total. The van der Waals surface area contributed by atoms with Crippen LogP contribution in [0.5, 0.6) is 0 Å². The fraction of sp³-hybridized carbons (Fsp3) is 0.833. The lowest BCUT2D eigenvalue weighted by atomic mass is 10.4. The second-order valence-corrected chi connectivity index (χ2v) is 6.59. The van der Waals surface area contributed by atoms with Crippen molar-refractivity contribution in [1.29, 1.82) is 0 Å². The molecule has 0 aliphatic rings. The van der Waals surface area contributed by atoms with E-state index in [1.54, 1.807) is 0 Å². The summed E-state index contributed by atoms with van der Waals surface area (Å²) in [5.41, 5.74) is 0. The van der Waals surface area contributed by atoms with Crippen molar-refractivity contribution < 1.29 is 18.6 Å². The first-order valence-corrected chi connectivity index (χ1v) is 6.14. The first-order valence-electron chi connectivity index (χ1n) is 6.14.